The number of ether oxygens (including phenoxy) is 1. The lowest BCUT2D eigenvalue weighted by molar-refractivity contribution is -0.140. The molecule has 2 aromatic heterocycles. The summed E-state index contributed by atoms with van der Waals surface area (Å²) in [5, 5.41) is 0. The van der Waals surface area contributed by atoms with Crippen LogP contribution in [0.3, 0.4) is 0 Å². The third-order valence-corrected chi connectivity index (χ3v) is 4.83. The molecule has 1 aromatic carbocycles. The van der Waals surface area contributed by atoms with Gasteiger partial charge in [0.25, 0.3) is 5.56 Å². The standard InChI is InChI=1S/C17H12F4N2O3S/c1-8-14(15(25)26-2)23-12(24)7-10(22-16(23)27-8)6-9-4-3-5-11(13(9)18)17(19,20)21/h3-5,7H,6H2,1-2H3. The van der Waals surface area contributed by atoms with E-state index in [0.29, 0.717) is 10.9 Å². The van der Waals surface area contributed by atoms with Crippen LogP contribution in [0.4, 0.5) is 17.6 Å². The molecule has 0 saturated heterocycles. The zero-order valence-corrected chi connectivity index (χ0v) is 14.9. The van der Waals surface area contributed by atoms with Crippen molar-refractivity contribution < 1.29 is 27.1 Å². The molecule has 5 nitrogen and oxygen atoms in total. The molecular weight excluding hydrogens is 388 g/mol. The highest BCUT2D eigenvalue weighted by atomic mass is 32.1. The van der Waals surface area contributed by atoms with Crippen molar-refractivity contribution in [3.05, 3.63) is 67.8 Å². The zero-order valence-electron chi connectivity index (χ0n) is 14.1. The van der Waals surface area contributed by atoms with Crippen LogP contribution in [0.25, 0.3) is 4.96 Å². The van der Waals surface area contributed by atoms with Crippen molar-refractivity contribution in [2.45, 2.75) is 19.5 Å². The van der Waals surface area contributed by atoms with Crippen LogP contribution in [0.1, 0.15) is 32.2 Å². The minimum Gasteiger partial charge on any atom is -0.464 e. The number of benzene rings is 1. The molecule has 0 aliphatic rings. The van der Waals surface area contributed by atoms with Gasteiger partial charge >= 0.3 is 12.1 Å². The molecule has 0 aliphatic heterocycles. The number of carbonyl (C=O) groups excluding carboxylic acids is 1. The number of aromatic nitrogens is 2. The number of fused-ring (bicyclic) bond motifs is 1. The van der Waals surface area contributed by atoms with Crippen molar-refractivity contribution in [1.82, 2.24) is 9.38 Å². The van der Waals surface area contributed by atoms with Gasteiger partial charge in [0.15, 0.2) is 4.96 Å². The molecule has 0 N–H and O–H groups in total. The largest absolute Gasteiger partial charge is 0.464 e. The quantitative estimate of drug-likeness (QED) is 0.498. The SMILES string of the molecule is COC(=O)c1c(C)sc2nc(Cc3cccc(C(F)(F)F)c3F)cc(=O)n12. The summed E-state index contributed by atoms with van der Waals surface area (Å²) in [5.74, 6) is -2.11. The summed E-state index contributed by atoms with van der Waals surface area (Å²) in [4.78, 5) is 29.1. The third-order valence-electron chi connectivity index (χ3n) is 3.88. The van der Waals surface area contributed by atoms with Gasteiger partial charge in [-0.3, -0.25) is 4.79 Å². The predicted octanol–water partition coefficient (Wildman–Crippen LogP) is 3.60. The number of hydrogen-bond acceptors (Lipinski definition) is 5. The molecule has 0 spiro atoms. The maximum atomic E-state index is 14.2. The Morgan fingerprint density at radius 3 is 2.67 bits per heavy atom. The van der Waals surface area contributed by atoms with Gasteiger partial charge in [-0.05, 0) is 18.6 Å². The van der Waals surface area contributed by atoms with E-state index in [1.54, 1.807) is 6.92 Å². The summed E-state index contributed by atoms with van der Waals surface area (Å²) in [5.41, 5.74) is -2.09. The van der Waals surface area contributed by atoms with E-state index in [-0.39, 0.29) is 28.3 Å². The molecule has 0 amide bonds. The van der Waals surface area contributed by atoms with Crippen LogP contribution in [0, 0.1) is 12.7 Å². The highest BCUT2D eigenvalue weighted by Crippen LogP contribution is 2.33. The highest BCUT2D eigenvalue weighted by Gasteiger charge is 2.34. The molecule has 0 atom stereocenters. The molecule has 27 heavy (non-hydrogen) atoms. The monoisotopic (exact) mass is 400 g/mol. The Morgan fingerprint density at radius 2 is 2.04 bits per heavy atom. The van der Waals surface area contributed by atoms with Gasteiger partial charge in [-0.2, -0.15) is 13.2 Å². The Kier molecular flexibility index (Phi) is 4.77. The lowest BCUT2D eigenvalue weighted by atomic mass is 10.0. The first-order chi connectivity index (χ1) is 12.6. The van der Waals surface area contributed by atoms with Gasteiger partial charge in [0.2, 0.25) is 0 Å². The third kappa shape index (κ3) is 3.44. The van der Waals surface area contributed by atoms with Crippen LogP contribution >= 0.6 is 11.3 Å². The fourth-order valence-corrected chi connectivity index (χ4v) is 3.66. The molecule has 3 rings (SSSR count). The summed E-state index contributed by atoms with van der Waals surface area (Å²) >= 11 is 1.05. The van der Waals surface area contributed by atoms with Crippen LogP contribution in [-0.2, 0) is 17.3 Å². The van der Waals surface area contributed by atoms with Gasteiger partial charge in [-0.1, -0.05) is 12.1 Å². The lowest BCUT2D eigenvalue weighted by Gasteiger charge is -2.11. The first kappa shape index (κ1) is 19.0. The average Bonchev–Trinajstić information content (AvgIpc) is 2.91. The number of thiazole rings is 1. The number of nitrogens with zero attached hydrogens (tertiary/aromatic N) is 2. The maximum absolute atomic E-state index is 14.2. The van der Waals surface area contributed by atoms with E-state index < -0.39 is 29.1 Å². The number of aryl methyl sites for hydroxylation is 1. The van der Waals surface area contributed by atoms with Gasteiger partial charge < -0.3 is 4.74 Å². The van der Waals surface area contributed by atoms with Gasteiger partial charge in [-0.25, -0.2) is 18.6 Å². The van der Waals surface area contributed by atoms with E-state index in [4.69, 9.17) is 0 Å². The zero-order chi connectivity index (χ0) is 19.9. The van der Waals surface area contributed by atoms with Gasteiger partial charge in [-0.15, -0.1) is 11.3 Å². The van der Waals surface area contributed by atoms with E-state index >= 15 is 0 Å². The number of hydrogen-bond donors (Lipinski definition) is 0. The van der Waals surface area contributed by atoms with Crippen molar-refractivity contribution in [1.29, 1.82) is 0 Å². The summed E-state index contributed by atoms with van der Waals surface area (Å²) < 4.78 is 58.5. The molecule has 0 radical (unpaired) electrons. The second-order valence-corrected chi connectivity index (χ2v) is 6.84. The maximum Gasteiger partial charge on any atom is 0.419 e. The number of methoxy groups -OCH3 is 1. The number of esters is 1. The normalized spacial score (nSPS) is 11.8. The molecule has 142 valence electrons. The number of rotatable bonds is 3. The number of carbonyl (C=O) groups is 1. The smallest absolute Gasteiger partial charge is 0.419 e. The van der Waals surface area contributed by atoms with Crippen LogP contribution in [0.5, 0.6) is 0 Å². The topological polar surface area (TPSA) is 60.7 Å². The first-order valence-electron chi connectivity index (χ1n) is 7.58. The summed E-state index contributed by atoms with van der Waals surface area (Å²) in [6, 6.07) is 4.01. The molecule has 10 heteroatoms. The van der Waals surface area contributed by atoms with Crippen LogP contribution in [0.2, 0.25) is 0 Å². The fraction of sp³-hybridized carbons (Fsp3) is 0.235. The molecular formula is C17H12F4N2O3S. The molecule has 3 aromatic rings. The molecule has 2 heterocycles. The molecule has 0 saturated carbocycles. The Labute approximate surface area is 153 Å². The van der Waals surface area contributed by atoms with E-state index in [9.17, 15) is 27.2 Å². The van der Waals surface area contributed by atoms with E-state index in [0.717, 1.165) is 27.9 Å². The van der Waals surface area contributed by atoms with Crippen LogP contribution in [-0.4, -0.2) is 22.5 Å². The first-order valence-corrected chi connectivity index (χ1v) is 8.40. The van der Waals surface area contributed by atoms with E-state index in [1.165, 1.54) is 13.2 Å². The van der Waals surface area contributed by atoms with E-state index in [1.807, 2.05) is 0 Å². The number of halogens is 4. The minimum absolute atomic E-state index is 0.0341. The van der Waals surface area contributed by atoms with Crippen molar-refractivity contribution in [3.8, 4) is 0 Å². The molecule has 0 unspecified atom stereocenters. The van der Waals surface area contributed by atoms with Crippen LogP contribution < -0.4 is 5.56 Å². The van der Waals surface area contributed by atoms with Crippen molar-refractivity contribution in [3.63, 3.8) is 0 Å². The van der Waals surface area contributed by atoms with Crippen molar-refractivity contribution in [2.75, 3.05) is 7.11 Å². The summed E-state index contributed by atoms with van der Waals surface area (Å²) in [7, 11) is 1.18. The highest BCUT2D eigenvalue weighted by molar-refractivity contribution is 7.17. The Hall–Kier alpha value is -2.75. The predicted molar refractivity (Wildman–Crippen MR) is 89.6 cm³/mol. The Bertz CT molecular complexity index is 1100. The average molecular weight is 400 g/mol. The van der Waals surface area contributed by atoms with Gasteiger partial charge in [0.1, 0.15) is 11.5 Å². The van der Waals surface area contributed by atoms with Gasteiger partial charge in [0.05, 0.1) is 18.4 Å². The summed E-state index contributed by atoms with van der Waals surface area (Å²) in [6.45, 7) is 1.61. The molecule has 0 bridgehead atoms. The fourth-order valence-electron chi connectivity index (χ4n) is 2.68. The Balaban J connectivity index is 2.08. The number of alkyl halides is 3. The van der Waals surface area contributed by atoms with Crippen molar-refractivity contribution >= 4 is 22.3 Å². The lowest BCUT2D eigenvalue weighted by Crippen LogP contribution is -2.20. The van der Waals surface area contributed by atoms with Gasteiger partial charge in [0, 0.05) is 17.4 Å². The van der Waals surface area contributed by atoms with Crippen LogP contribution in [0.15, 0.2) is 29.1 Å². The van der Waals surface area contributed by atoms with Crippen molar-refractivity contribution in [2.24, 2.45) is 0 Å². The Morgan fingerprint density at radius 1 is 1.33 bits per heavy atom. The second kappa shape index (κ2) is 6.76. The second-order valence-electron chi connectivity index (χ2n) is 5.66. The minimum atomic E-state index is -4.82. The summed E-state index contributed by atoms with van der Waals surface area (Å²) in [6.07, 6.45) is -5.12. The molecule has 0 fully saturated rings. The molecule has 0 aliphatic carbocycles. The van der Waals surface area contributed by atoms with E-state index in [2.05, 4.69) is 9.72 Å².